The summed E-state index contributed by atoms with van der Waals surface area (Å²) in [6.07, 6.45) is 3.46. The molecule has 1 aliphatic heterocycles. The first-order chi connectivity index (χ1) is 10.2. The van der Waals surface area contributed by atoms with Crippen molar-refractivity contribution in [2.24, 2.45) is 0 Å². The third kappa shape index (κ3) is 4.77. The third-order valence-corrected chi connectivity index (χ3v) is 3.60. The van der Waals surface area contributed by atoms with E-state index in [1.807, 2.05) is 31.1 Å². The number of rotatable bonds is 6. The maximum absolute atomic E-state index is 12.4. The number of pyridine rings is 1. The molecule has 116 valence electrons. The van der Waals surface area contributed by atoms with Gasteiger partial charge < -0.3 is 10.1 Å². The van der Waals surface area contributed by atoms with E-state index < -0.39 is 0 Å². The molecule has 0 saturated carbocycles. The molecule has 1 fully saturated rings. The van der Waals surface area contributed by atoms with Gasteiger partial charge in [0.05, 0.1) is 13.2 Å². The van der Waals surface area contributed by atoms with E-state index in [9.17, 15) is 4.79 Å². The molecule has 2 heterocycles. The molecule has 2 rings (SSSR count). The number of likely N-dealkylation sites (N-methyl/N-ethyl adjacent to an activating group) is 1. The minimum atomic E-state index is -0.302. The molecule has 1 amide bonds. The van der Waals surface area contributed by atoms with Crippen LogP contribution in [0.4, 0.5) is 0 Å². The zero-order valence-corrected chi connectivity index (χ0v) is 12.8. The molecule has 1 saturated heterocycles. The van der Waals surface area contributed by atoms with Gasteiger partial charge in [-0.05, 0) is 25.7 Å². The number of hydrogen-bond donors (Lipinski definition) is 1. The number of carbonyl (C=O) groups is 1. The summed E-state index contributed by atoms with van der Waals surface area (Å²) < 4.78 is 5.31. The third-order valence-electron chi connectivity index (χ3n) is 3.60. The first-order valence-electron chi connectivity index (χ1n) is 7.32. The van der Waals surface area contributed by atoms with Gasteiger partial charge in [0.1, 0.15) is 6.04 Å². The average Bonchev–Trinajstić information content (AvgIpc) is 2.49. The van der Waals surface area contributed by atoms with Gasteiger partial charge in [0.15, 0.2) is 0 Å². The van der Waals surface area contributed by atoms with Crippen molar-refractivity contribution in [1.82, 2.24) is 20.1 Å². The smallest absolute Gasteiger partial charge is 0.242 e. The zero-order chi connectivity index (χ0) is 15.1. The first kappa shape index (κ1) is 15.9. The second-order valence-corrected chi connectivity index (χ2v) is 5.40. The van der Waals surface area contributed by atoms with Crippen molar-refractivity contribution < 1.29 is 9.53 Å². The van der Waals surface area contributed by atoms with Gasteiger partial charge in [-0.15, -0.1) is 0 Å². The van der Waals surface area contributed by atoms with Gasteiger partial charge in [0.2, 0.25) is 5.91 Å². The predicted molar refractivity (Wildman–Crippen MR) is 80.9 cm³/mol. The van der Waals surface area contributed by atoms with Crippen LogP contribution in [0, 0.1) is 0 Å². The van der Waals surface area contributed by atoms with Gasteiger partial charge in [-0.2, -0.15) is 0 Å². The number of nitrogens with zero attached hydrogens (tertiary/aromatic N) is 3. The second kappa shape index (κ2) is 8.07. The molecule has 1 N–H and O–H groups in total. The van der Waals surface area contributed by atoms with E-state index in [1.165, 1.54) is 0 Å². The van der Waals surface area contributed by atoms with Crippen LogP contribution < -0.4 is 5.32 Å². The average molecular weight is 292 g/mol. The Kier molecular flexibility index (Phi) is 6.10. The minimum Gasteiger partial charge on any atom is -0.379 e. The van der Waals surface area contributed by atoms with Crippen LogP contribution in [-0.4, -0.2) is 74.2 Å². The van der Waals surface area contributed by atoms with E-state index in [1.54, 1.807) is 12.4 Å². The number of amides is 1. The molecule has 21 heavy (non-hydrogen) atoms. The van der Waals surface area contributed by atoms with Crippen LogP contribution in [0.15, 0.2) is 24.5 Å². The minimum absolute atomic E-state index is 0.0151. The summed E-state index contributed by atoms with van der Waals surface area (Å²) in [5, 5.41) is 3.02. The lowest BCUT2D eigenvalue weighted by molar-refractivity contribution is -0.125. The van der Waals surface area contributed by atoms with E-state index in [2.05, 4.69) is 15.2 Å². The highest BCUT2D eigenvalue weighted by molar-refractivity contribution is 5.83. The Bertz CT molecular complexity index is 433. The molecule has 0 spiro atoms. The van der Waals surface area contributed by atoms with Crippen molar-refractivity contribution in [3.05, 3.63) is 30.1 Å². The molecular weight excluding hydrogens is 268 g/mol. The molecule has 1 aromatic heterocycles. The van der Waals surface area contributed by atoms with Gasteiger partial charge in [-0.3, -0.25) is 19.6 Å². The zero-order valence-electron chi connectivity index (χ0n) is 12.8. The van der Waals surface area contributed by atoms with Gasteiger partial charge in [0, 0.05) is 38.6 Å². The fourth-order valence-electron chi connectivity index (χ4n) is 2.48. The summed E-state index contributed by atoms with van der Waals surface area (Å²) in [6, 6.07) is 3.48. The Balaban J connectivity index is 1.84. The monoisotopic (exact) mass is 292 g/mol. The maximum Gasteiger partial charge on any atom is 0.242 e. The highest BCUT2D eigenvalue weighted by atomic mass is 16.5. The molecule has 0 radical (unpaired) electrons. The summed E-state index contributed by atoms with van der Waals surface area (Å²) in [6.45, 7) is 4.96. The lowest BCUT2D eigenvalue weighted by Crippen LogP contribution is -2.43. The quantitative estimate of drug-likeness (QED) is 0.808. The number of ether oxygens (including phenoxy) is 1. The number of aromatic nitrogens is 1. The van der Waals surface area contributed by atoms with Crippen LogP contribution >= 0.6 is 0 Å². The second-order valence-electron chi connectivity index (χ2n) is 5.40. The van der Waals surface area contributed by atoms with E-state index in [4.69, 9.17) is 4.74 Å². The van der Waals surface area contributed by atoms with Crippen molar-refractivity contribution in [1.29, 1.82) is 0 Å². The molecule has 1 unspecified atom stereocenters. The van der Waals surface area contributed by atoms with Crippen LogP contribution in [0.3, 0.4) is 0 Å². The van der Waals surface area contributed by atoms with Gasteiger partial charge in [-0.25, -0.2) is 0 Å². The Labute approximate surface area is 126 Å². The number of carbonyl (C=O) groups excluding carboxylic acids is 1. The maximum atomic E-state index is 12.4. The SMILES string of the molecule is CN(C)C(C(=O)NCCN1CCOCC1)c1cccnc1. The van der Waals surface area contributed by atoms with Crippen LogP contribution in [0.2, 0.25) is 0 Å². The van der Waals surface area contributed by atoms with Gasteiger partial charge in [0.25, 0.3) is 0 Å². The van der Waals surface area contributed by atoms with Crippen LogP contribution in [0.1, 0.15) is 11.6 Å². The highest BCUT2D eigenvalue weighted by Gasteiger charge is 2.22. The normalized spacial score (nSPS) is 17.7. The molecule has 1 atom stereocenters. The summed E-state index contributed by atoms with van der Waals surface area (Å²) in [5.74, 6) is 0.0151. The lowest BCUT2D eigenvalue weighted by Gasteiger charge is -2.27. The highest BCUT2D eigenvalue weighted by Crippen LogP contribution is 2.16. The molecule has 1 aliphatic rings. The van der Waals surface area contributed by atoms with Crippen LogP contribution in [-0.2, 0) is 9.53 Å². The Morgan fingerprint density at radius 1 is 1.48 bits per heavy atom. The standard InChI is InChI=1S/C15H24N4O2/c1-18(2)14(13-4-3-5-16-12-13)15(20)17-6-7-19-8-10-21-11-9-19/h3-5,12,14H,6-11H2,1-2H3,(H,17,20). The summed E-state index contributed by atoms with van der Waals surface area (Å²) in [7, 11) is 3.80. The molecule has 6 heteroatoms. The number of nitrogens with one attached hydrogen (secondary N) is 1. The van der Waals surface area contributed by atoms with E-state index >= 15 is 0 Å². The topological polar surface area (TPSA) is 57.7 Å². The Morgan fingerprint density at radius 3 is 2.86 bits per heavy atom. The molecule has 0 bridgehead atoms. The molecular formula is C15H24N4O2. The molecule has 6 nitrogen and oxygen atoms in total. The van der Waals surface area contributed by atoms with Crippen molar-refractivity contribution >= 4 is 5.91 Å². The van der Waals surface area contributed by atoms with Crippen LogP contribution in [0.25, 0.3) is 0 Å². The van der Waals surface area contributed by atoms with E-state index in [0.717, 1.165) is 38.4 Å². The van der Waals surface area contributed by atoms with Gasteiger partial charge in [-0.1, -0.05) is 6.07 Å². The predicted octanol–water partition coefficient (Wildman–Crippen LogP) is 0.133. The van der Waals surface area contributed by atoms with Crippen molar-refractivity contribution in [2.75, 3.05) is 53.5 Å². The fraction of sp³-hybridized carbons (Fsp3) is 0.600. The summed E-state index contributed by atoms with van der Waals surface area (Å²) in [5.41, 5.74) is 0.909. The largest absolute Gasteiger partial charge is 0.379 e. The molecule has 0 aliphatic carbocycles. The van der Waals surface area contributed by atoms with Crippen molar-refractivity contribution in [3.63, 3.8) is 0 Å². The lowest BCUT2D eigenvalue weighted by atomic mass is 10.1. The molecule has 0 aromatic carbocycles. The summed E-state index contributed by atoms with van der Waals surface area (Å²) in [4.78, 5) is 20.7. The van der Waals surface area contributed by atoms with Crippen molar-refractivity contribution in [3.8, 4) is 0 Å². The van der Waals surface area contributed by atoms with Crippen LogP contribution in [0.5, 0.6) is 0 Å². The first-order valence-corrected chi connectivity index (χ1v) is 7.32. The van der Waals surface area contributed by atoms with E-state index in [0.29, 0.717) is 6.54 Å². The van der Waals surface area contributed by atoms with Gasteiger partial charge >= 0.3 is 0 Å². The summed E-state index contributed by atoms with van der Waals surface area (Å²) >= 11 is 0. The number of morpholine rings is 1. The fourth-order valence-corrected chi connectivity index (χ4v) is 2.48. The van der Waals surface area contributed by atoms with Crippen molar-refractivity contribution in [2.45, 2.75) is 6.04 Å². The Morgan fingerprint density at radius 2 is 2.24 bits per heavy atom. The van der Waals surface area contributed by atoms with E-state index in [-0.39, 0.29) is 11.9 Å². The Hall–Kier alpha value is -1.50. The molecule has 1 aromatic rings. The number of hydrogen-bond acceptors (Lipinski definition) is 5.